The van der Waals surface area contributed by atoms with Crippen molar-refractivity contribution in [1.29, 1.82) is 0 Å². The molecule has 0 rings (SSSR count). The standard InChI is InChI=1S/9CHO.Fe/c9*1-2;/h9*1H;/q9*-1;. The van der Waals surface area contributed by atoms with E-state index in [2.05, 4.69) is 61.1 Å². The Hall–Kier alpha value is -2.45. The number of rotatable bonds is 0. The maximum Gasteiger partial charge on any atom is 0 e. The van der Waals surface area contributed by atoms with Crippen molar-refractivity contribution in [3.8, 4) is 0 Å². The van der Waals surface area contributed by atoms with E-state index in [0.29, 0.717) is 0 Å². The van der Waals surface area contributed by atoms with Crippen molar-refractivity contribution >= 4 is 61.1 Å². The van der Waals surface area contributed by atoms with E-state index in [4.69, 9.17) is 43.2 Å². The van der Waals surface area contributed by atoms with Crippen LogP contribution in [0.5, 0.6) is 0 Å². The molecule has 0 bridgehead atoms. The molecule has 0 aliphatic carbocycles. The molecule has 0 amide bonds. The molecule has 0 aliphatic heterocycles. The smallest absolute Gasteiger partial charge is 0 e. The Bertz CT molecular complexity index is 52.2. The Morgan fingerprint density at radius 3 is 0.211 bits per heavy atom. The summed E-state index contributed by atoms with van der Waals surface area (Å²) in [6, 6.07) is 0. The van der Waals surface area contributed by atoms with E-state index in [9.17, 15) is 0 Å². The molecule has 0 aliphatic rings. The van der Waals surface area contributed by atoms with E-state index in [1.54, 1.807) is 0 Å². The molecule has 0 heterocycles. The fourth-order valence-electron chi connectivity index (χ4n) is 0. The summed E-state index contributed by atoms with van der Waals surface area (Å²) in [5.74, 6) is 0. The molecule has 0 spiro atoms. The largest absolute Gasteiger partial charge is 0.545 e. The van der Waals surface area contributed by atoms with Crippen molar-refractivity contribution in [2.24, 2.45) is 0 Å². The summed E-state index contributed by atoms with van der Waals surface area (Å²) in [7, 11) is 0. The molecule has 0 fully saturated rings. The fourth-order valence-corrected chi connectivity index (χ4v) is 0. The molecule has 0 saturated heterocycles. The minimum atomic E-state index is 0. The Morgan fingerprint density at radius 1 is 0.211 bits per heavy atom. The first-order chi connectivity index (χ1) is 9.00. The molecule has 0 saturated carbocycles. The van der Waals surface area contributed by atoms with E-state index in [1.165, 1.54) is 0 Å². The molecular formula is C9H9FeO9-9. The topological polar surface area (TPSA) is 154 Å². The van der Waals surface area contributed by atoms with E-state index in [0.717, 1.165) is 0 Å². The van der Waals surface area contributed by atoms with Crippen LogP contribution in [-0.2, 0) is 60.2 Å². The second-order valence-electron chi connectivity index (χ2n) is 0. The van der Waals surface area contributed by atoms with Crippen molar-refractivity contribution in [3.05, 3.63) is 0 Å². The van der Waals surface area contributed by atoms with Crippen LogP contribution in [0.1, 0.15) is 0 Å². The summed E-state index contributed by atoms with van der Waals surface area (Å²) < 4.78 is 0. The van der Waals surface area contributed by atoms with Crippen LogP contribution in [0, 0.1) is 0 Å². The van der Waals surface area contributed by atoms with Crippen LogP contribution in [0.15, 0.2) is 0 Å². The molecule has 10 heteroatoms. The molecule has 116 valence electrons. The van der Waals surface area contributed by atoms with Gasteiger partial charge in [0.1, 0.15) is 0 Å². The molecule has 0 aromatic carbocycles. The van der Waals surface area contributed by atoms with Crippen LogP contribution < -0.4 is 0 Å². The van der Waals surface area contributed by atoms with Gasteiger partial charge in [0.15, 0.2) is 0 Å². The average Bonchev–Trinajstić information content (AvgIpc) is 2.63. The maximum absolute atomic E-state index is 7.75. The van der Waals surface area contributed by atoms with Crippen molar-refractivity contribution in [2.75, 3.05) is 0 Å². The van der Waals surface area contributed by atoms with Gasteiger partial charge < -0.3 is 43.2 Å². The van der Waals surface area contributed by atoms with Crippen LogP contribution in [0.3, 0.4) is 0 Å². The van der Waals surface area contributed by atoms with Crippen LogP contribution in [0.2, 0.25) is 0 Å². The molecule has 0 radical (unpaired) electrons. The second-order valence-corrected chi connectivity index (χ2v) is 0. The third-order valence-electron chi connectivity index (χ3n) is 0. The molecular weight excluding hydrogens is 308 g/mol. The summed E-state index contributed by atoms with van der Waals surface area (Å²) >= 11 is 0. The molecule has 9 nitrogen and oxygen atoms in total. The van der Waals surface area contributed by atoms with Gasteiger partial charge in [0.05, 0.1) is 0 Å². The predicted octanol–water partition coefficient (Wildman–Crippen LogP) is -2.47. The Balaban J connectivity index is -0.00000000596. The van der Waals surface area contributed by atoms with Crippen LogP contribution in [0.4, 0.5) is 0 Å². The summed E-state index contributed by atoms with van der Waals surface area (Å²) in [5, 5.41) is 0. The number of carbonyl (C=O) groups excluding carboxylic acids is 9. The van der Waals surface area contributed by atoms with Crippen LogP contribution in [-0.4, -0.2) is 61.1 Å². The van der Waals surface area contributed by atoms with E-state index >= 15 is 0 Å². The molecule has 19 heavy (non-hydrogen) atoms. The first kappa shape index (κ1) is 93.3. The SMILES string of the molecule is [CH-]=O.[CH-]=O.[CH-]=O.[CH-]=O.[CH-]=O.[CH-]=O.[CH-]=O.[CH-]=O.[CH-]=O.[Fe]. The van der Waals surface area contributed by atoms with Gasteiger partial charge in [0.25, 0.3) is 0 Å². The van der Waals surface area contributed by atoms with Gasteiger partial charge in [-0.15, -0.1) is 0 Å². The van der Waals surface area contributed by atoms with Gasteiger partial charge in [-0.25, -0.2) is 0 Å². The van der Waals surface area contributed by atoms with Gasteiger partial charge in [-0.2, -0.15) is 0 Å². The summed E-state index contributed by atoms with van der Waals surface area (Å²) in [6.07, 6.45) is 0. The normalized spacial score (nSPS) is 1.89. The summed E-state index contributed by atoms with van der Waals surface area (Å²) in [5.41, 5.74) is 0. The van der Waals surface area contributed by atoms with Crippen molar-refractivity contribution in [1.82, 2.24) is 0 Å². The molecule has 0 N–H and O–H groups in total. The Labute approximate surface area is 122 Å². The van der Waals surface area contributed by atoms with Crippen molar-refractivity contribution in [3.63, 3.8) is 0 Å². The summed E-state index contributed by atoms with van der Waals surface area (Å²) in [6.45, 7) is 29.2. The molecule has 0 atom stereocenters. The van der Waals surface area contributed by atoms with Gasteiger partial charge in [-0.3, -0.25) is 61.1 Å². The molecule has 0 aromatic heterocycles. The first-order valence-electron chi connectivity index (χ1n) is 2.12. The average molecular weight is 317 g/mol. The van der Waals surface area contributed by atoms with E-state index in [1.807, 2.05) is 0 Å². The van der Waals surface area contributed by atoms with Gasteiger partial charge in [-0.1, -0.05) is 0 Å². The Kier molecular flexibility index (Phi) is 2690. The molecule has 0 aromatic rings. The zero-order chi connectivity index (χ0) is 18.0. The number of hydrogen-bond donors (Lipinski definition) is 0. The monoisotopic (exact) mass is 317 g/mol. The van der Waals surface area contributed by atoms with Gasteiger partial charge in [-0.05, 0) is 0 Å². The zero-order valence-corrected chi connectivity index (χ0v) is 10.3. The van der Waals surface area contributed by atoms with Crippen molar-refractivity contribution in [2.45, 2.75) is 0 Å². The van der Waals surface area contributed by atoms with E-state index in [-0.39, 0.29) is 17.1 Å². The first-order valence-corrected chi connectivity index (χ1v) is 2.12. The maximum atomic E-state index is 7.75. The third-order valence-corrected chi connectivity index (χ3v) is 0. The fraction of sp³-hybridized carbons (Fsp3) is 0. The van der Waals surface area contributed by atoms with Gasteiger partial charge >= 0.3 is 0 Å². The minimum absolute atomic E-state index is 0. The zero-order valence-electron chi connectivity index (χ0n) is 9.22. The Morgan fingerprint density at radius 2 is 0.211 bits per heavy atom. The van der Waals surface area contributed by atoms with Crippen LogP contribution >= 0.6 is 0 Å². The minimum Gasteiger partial charge on any atom is -0.545 e. The third kappa shape index (κ3) is 475. The van der Waals surface area contributed by atoms with Gasteiger partial charge in [0.2, 0.25) is 0 Å². The van der Waals surface area contributed by atoms with Gasteiger partial charge in [0, 0.05) is 17.1 Å². The quantitative estimate of drug-likeness (QED) is 0.268. The predicted molar refractivity (Wildman–Crippen MR) is 60.8 cm³/mol. The second kappa shape index (κ2) is 548. The van der Waals surface area contributed by atoms with E-state index < -0.39 is 0 Å². The molecule has 0 unspecified atom stereocenters. The number of hydrogen-bond acceptors (Lipinski definition) is 9. The van der Waals surface area contributed by atoms with Crippen LogP contribution in [0.25, 0.3) is 0 Å². The summed E-state index contributed by atoms with van der Waals surface area (Å²) in [4.78, 5) is 69.8. The van der Waals surface area contributed by atoms with Crippen molar-refractivity contribution < 1.29 is 60.2 Å².